The maximum atomic E-state index is 10.9. The molecular formula is C12H25NO3. The lowest BCUT2D eigenvalue weighted by Crippen LogP contribution is -2.16. The lowest BCUT2D eigenvalue weighted by atomic mass is 10.1. The lowest BCUT2D eigenvalue weighted by Gasteiger charge is -2.03. The van der Waals surface area contributed by atoms with Crippen LogP contribution in [0.15, 0.2) is 0 Å². The highest BCUT2D eigenvalue weighted by Gasteiger charge is 1.97. The number of hydrogen-bond donors (Lipinski definition) is 1. The molecule has 0 spiro atoms. The van der Waals surface area contributed by atoms with E-state index in [2.05, 4.69) is 5.32 Å². The first kappa shape index (κ1) is 15.4. The zero-order valence-electron chi connectivity index (χ0n) is 10.6. The van der Waals surface area contributed by atoms with E-state index in [4.69, 9.17) is 9.47 Å². The highest BCUT2D eigenvalue weighted by atomic mass is 16.5. The first-order valence-electron chi connectivity index (χ1n) is 6.08. The molecule has 0 aliphatic heterocycles. The van der Waals surface area contributed by atoms with Gasteiger partial charge in [-0.1, -0.05) is 19.3 Å². The van der Waals surface area contributed by atoms with Gasteiger partial charge in [0.15, 0.2) is 0 Å². The summed E-state index contributed by atoms with van der Waals surface area (Å²) in [5.41, 5.74) is 0. The zero-order chi connectivity index (χ0) is 12.1. The van der Waals surface area contributed by atoms with Crippen LogP contribution in [0.3, 0.4) is 0 Å². The second-order valence-corrected chi connectivity index (χ2v) is 3.80. The van der Waals surface area contributed by atoms with E-state index in [0.717, 1.165) is 25.9 Å². The zero-order valence-corrected chi connectivity index (χ0v) is 10.6. The van der Waals surface area contributed by atoms with Crippen LogP contribution in [0, 0.1) is 0 Å². The Morgan fingerprint density at radius 2 is 1.69 bits per heavy atom. The van der Waals surface area contributed by atoms with Gasteiger partial charge >= 0.3 is 0 Å². The summed E-state index contributed by atoms with van der Waals surface area (Å²) in [5.74, 6) is 0.142. The number of methoxy groups -OCH3 is 1. The van der Waals surface area contributed by atoms with Crippen molar-refractivity contribution in [3.63, 3.8) is 0 Å². The van der Waals surface area contributed by atoms with Crippen LogP contribution in [0.4, 0.5) is 0 Å². The minimum atomic E-state index is 0.142. The predicted molar refractivity (Wildman–Crippen MR) is 64.5 cm³/mol. The highest BCUT2D eigenvalue weighted by molar-refractivity contribution is 5.75. The van der Waals surface area contributed by atoms with Crippen LogP contribution in [-0.4, -0.2) is 39.9 Å². The van der Waals surface area contributed by atoms with E-state index in [1.165, 1.54) is 12.8 Å². The molecule has 1 N–H and O–H groups in total. The Balaban J connectivity index is 2.96. The average Bonchev–Trinajstić information content (AvgIpc) is 2.31. The number of carbonyl (C=O) groups excluding carboxylic acids is 1. The van der Waals surface area contributed by atoms with E-state index < -0.39 is 0 Å². The third kappa shape index (κ3) is 11.5. The minimum absolute atomic E-state index is 0.142. The van der Waals surface area contributed by atoms with Gasteiger partial charge in [0, 0.05) is 27.2 Å². The number of rotatable bonds is 11. The molecule has 4 nitrogen and oxygen atoms in total. The van der Waals surface area contributed by atoms with Crippen LogP contribution in [0.5, 0.6) is 0 Å². The molecule has 96 valence electrons. The Hall–Kier alpha value is -0.610. The topological polar surface area (TPSA) is 47.6 Å². The Morgan fingerprint density at radius 3 is 2.38 bits per heavy atom. The number of ether oxygens (including phenoxy) is 2. The van der Waals surface area contributed by atoms with Gasteiger partial charge in [0.2, 0.25) is 5.91 Å². The smallest absolute Gasteiger partial charge is 0.219 e. The van der Waals surface area contributed by atoms with Crippen LogP contribution in [0.2, 0.25) is 0 Å². The molecule has 0 aromatic rings. The minimum Gasteiger partial charge on any atom is -0.382 e. The molecule has 0 aromatic carbocycles. The van der Waals surface area contributed by atoms with Crippen molar-refractivity contribution in [3.8, 4) is 0 Å². The quantitative estimate of drug-likeness (QED) is 0.551. The summed E-state index contributed by atoms with van der Waals surface area (Å²) >= 11 is 0. The third-order valence-corrected chi connectivity index (χ3v) is 2.40. The van der Waals surface area contributed by atoms with Crippen molar-refractivity contribution in [2.75, 3.05) is 34.0 Å². The molecule has 0 bridgehead atoms. The Bertz CT molecular complexity index is 162. The Kier molecular flexibility index (Phi) is 12.0. The molecule has 0 fully saturated rings. The molecular weight excluding hydrogens is 206 g/mol. The van der Waals surface area contributed by atoms with E-state index >= 15 is 0 Å². The van der Waals surface area contributed by atoms with Crippen LogP contribution in [0.25, 0.3) is 0 Å². The van der Waals surface area contributed by atoms with Gasteiger partial charge < -0.3 is 14.8 Å². The summed E-state index contributed by atoms with van der Waals surface area (Å²) in [4.78, 5) is 10.9. The van der Waals surface area contributed by atoms with Gasteiger partial charge in [0.25, 0.3) is 0 Å². The Labute approximate surface area is 98.7 Å². The molecule has 0 aliphatic carbocycles. The van der Waals surface area contributed by atoms with Gasteiger partial charge in [0.1, 0.15) is 0 Å². The van der Waals surface area contributed by atoms with Gasteiger partial charge in [-0.05, 0) is 12.8 Å². The van der Waals surface area contributed by atoms with E-state index in [1.54, 1.807) is 14.2 Å². The molecule has 0 rings (SSSR count). The fourth-order valence-electron chi connectivity index (χ4n) is 1.39. The van der Waals surface area contributed by atoms with Gasteiger partial charge in [-0.25, -0.2) is 0 Å². The highest BCUT2D eigenvalue weighted by Crippen LogP contribution is 2.05. The molecule has 0 saturated carbocycles. The molecule has 4 heteroatoms. The van der Waals surface area contributed by atoms with Gasteiger partial charge in [0.05, 0.1) is 13.2 Å². The number of nitrogens with one attached hydrogen (secondary N) is 1. The van der Waals surface area contributed by atoms with Crippen molar-refractivity contribution >= 4 is 5.91 Å². The largest absolute Gasteiger partial charge is 0.382 e. The van der Waals surface area contributed by atoms with Gasteiger partial charge in [-0.2, -0.15) is 0 Å². The molecule has 0 unspecified atom stereocenters. The van der Waals surface area contributed by atoms with Crippen LogP contribution in [-0.2, 0) is 14.3 Å². The fourth-order valence-corrected chi connectivity index (χ4v) is 1.39. The number of unbranched alkanes of at least 4 members (excludes halogenated alkanes) is 4. The normalized spacial score (nSPS) is 10.4. The van der Waals surface area contributed by atoms with Crippen molar-refractivity contribution in [2.45, 2.75) is 38.5 Å². The van der Waals surface area contributed by atoms with Crippen LogP contribution in [0.1, 0.15) is 38.5 Å². The third-order valence-electron chi connectivity index (χ3n) is 2.40. The van der Waals surface area contributed by atoms with E-state index in [1.807, 2.05) is 0 Å². The second kappa shape index (κ2) is 12.5. The summed E-state index contributed by atoms with van der Waals surface area (Å²) in [6, 6.07) is 0. The van der Waals surface area contributed by atoms with Crippen LogP contribution >= 0.6 is 0 Å². The maximum Gasteiger partial charge on any atom is 0.219 e. The van der Waals surface area contributed by atoms with Crippen molar-refractivity contribution in [2.24, 2.45) is 0 Å². The van der Waals surface area contributed by atoms with Gasteiger partial charge in [-0.3, -0.25) is 4.79 Å². The fraction of sp³-hybridized carbons (Fsp3) is 0.917. The number of amides is 1. The summed E-state index contributed by atoms with van der Waals surface area (Å²) < 4.78 is 10.2. The molecule has 0 heterocycles. The van der Waals surface area contributed by atoms with Crippen molar-refractivity contribution < 1.29 is 14.3 Å². The van der Waals surface area contributed by atoms with Crippen LogP contribution < -0.4 is 5.32 Å². The van der Waals surface area contributed by atoms with Gasteiger partial charge in [-0.15, -0.1) is 0 Å². The van der Waals surface area contributed by atoms with Crippen molar-refractivity contribution in [1.82, 2.24) is 5.32 Å². The number of carbonyl (C=O) groups is 1. The molecule has 0 aliphatic rings. The summed E-state index contributed by atoms with van der Waals surface area (Å²) in [7, 11) is 3.36. The Morgan fingerprint density at radius 1 is 1.00 bits per heavy atom. The standard InChI is InChI=1S/C12H25NO3/c1-13-12(14)8-6-4-3-5-7-9-16-11-10-15-2/h3-11H2,1-2H3,(H,13,14). The van der Waals surface area contributed by atoms with E-state index in [0.29, 0.717) is 19.6 Å². The molecule has 0 atom stereocenters. The SMILES string of the molecule is CNC(=O)CCCCCCCOCCOC. The molecule has 0 saturated heterocycles. The molecule has 1 amide bonds. The molecule has 16 heavy (non-hydrogen) atoms. The first-order chi connectivity index (χ1) is 7.81. The van der Waals surface area contributed by atoms with Crippen molar-refractivity contribution in [1.29, 1.82) is 0 Å². The summed E-state index contributed by atoms with van der Waals surface area (Å²) in [6.45, 7) is 2.18. The first-order valence-corrected chi connectivity index (χ1v) is 6.08. The molecule has 0 aromatic heterocycles. The lowest BCUT2D eigenvalue weighted by molar-refractivity contribution is -0.120. The van der Waals surface area contributed by atoms with E-state index in [-0.39, 0.29) is 5.91 Å². The average molecular weight is 231 g/mol. The second-order valence-electron chi connectivity index (χ2n) is 3.80. The van der Waals surface area contributed by atoms with Crippen molar-refractivity contribution in [3.05, 3.63) is 0 Å². The molecule has 0 radical (unpaired) electrons. The maximum absolute atomic E-state index is 10.9. The van der Waals surface area contributed by atoms with E-state index in [9.17, 15) is 4.79 Å². The summed E-state index contributed by atoms with van der Waals surface area (Å²) in [6.07, 6.45) is 6.24. The predicted octanol–water partition coefficient (Wildman–Crippen LogP) is 1.74. The monoisotopic (exact) mass is 231 g/mol. The number of hydrogen-bond acceptors (Lipinski definition) is 3. The summed E-state index contributed by atoms with van der Waals surface area (Å²) in [5, 5.41) is 2.62.